The van der Waals surface area contributed by atoms with Crippen molar-refractivity contribution in [2.75, 3.05) is 20.1 Å². The number of nitrogens with zero attached hydrogens (tertiary/aromatic N) is 3. The molecule has 0 spiro atoms. The fraction of sp³-hybridized carbons (Fsp3) is 0.750. The van der Waals surface area contributed by atoms with Crippen molar-refractivity contribution in [3.63, 3.8) is 0 Å². The molecule has 1 aliphatic rings. The molecule has 1 aromatic heterocycles. The van der Waals surface area contributed by atoms with Crippen molar-refractivity contribution in [3.05, 3.63) is 18.0 Å². The number of hydrogen-bond acceptors (Lipinski definition) is 2. The van der Waals surface area contributed by atoms with Crippen LogP contribution in [0.5, 0.6) is 0 Å². The maximum absolute atomic E-state index is 4.42. The zero-order valence-corrected chi connectivity index (χ0v) is 9.98. The first-order chi connectivity index (χ1) is 7.15. The SMILES string of the molecule is CC(C)c1cnn(CC2CCN(C)C2)c1. The molecule has 0 bridgehead atoms. The molecule has 0 amide bonds. The van der Waals surface area contributed by atoms with Crippen molar-refractivity contribution in [3.8, 4) is 0 Å². The summed E-state index contributed by atoms with van der Waals surface area (Å²) in [5.41, 5.74) is 1.35. The Labute approximate surface area is 92.1 Å². The van der Waals surface area contributed by atoms with Gasteiger partial charge in [0, 0.05) is 19.3 Å². The molecule has 0 N–H and O–H groups in total. The van der Waals surface area contributed by atoms with Gasteiger partial charge in [0.1, 0.15) is 0 Å². The van der Waals surface area contributed by atoms with Gasteiger partial charge in [0.2, 0.25) is 0 Å². The van der Waals surface area contributed by atoms with Gasteiger partial charge in [-0.1, -0.05) is 13.8 Å². The minimum absolute atomic E-state index is 0.588. The highest BCUT2D eigenvalue weighted by Gasteiger charge is 2.19. The molecular weight excluding hydrogens is 186 g/mol. The summed E-state index contributed by atoms with van der Waals surface area (Å²) in [6.07, 6.45) is 5.51. The molecule has 1 unspecified atom stereocenters. The van der Waals surface area contributed by atoms with Crippen molar-refractivity contribution < 1.29 is 0 Å². The lowest BCUT2D eigenvalue weighted by molar-refractivity contribution is 0.370. The van der Waals surface area contributed by atoms with Crippen molar-refractivity contribution in [2.24, 2.45) is 5.92 Å². The highest BCUT2D eigenvalue weighted by atomic mass is 15.3. The molecule has 1 fully saturated rings. The fourth-order valence-corrected chi connectivity index (χ4v) is 2.22. The van der Waals surface area contributed by atoms with Gasteiger partial charge in [0.15, 0.2) is 0 Å². The zero-order chi connectivity index (χ0) is 10.8. The average Bonchev–Trinajstić information content (AvgIpc) is 2.76. The molecule has 1 saturated heterocycles. The number of aromatic nitrogens is 2. The van der Waals surface area contributed by atoms with Gasteiger partial charge in [-0.3, -0.25) is 4.68 Å². The predicted molar refractivity (Wildman–Crippen MR) is 61.9 cm³/mol. The quantitative estimate of drug-likeness (QED) is 0.755. The molecule has 15 heavy (non-hydrogen) atoms. The molecule has 1 aromatic rings. The first kappa shape index (κ1) is 10.7. The number of hydrogen-bond donors (Lipinski definition) is 0. The van der Waals surface area contributed by atoms with E-state index in [1.54, 1.807) is 0 Å². The highest BCUT2D eigenvalue weighted by Crippen LogP contribution is 2.18. The topological polar surface area (TPSA) is 21.1 Å². The van der Waals surface area contributed by atoms with Gasteiger partial charge >= 0.3 is 0 Å². The minimum Gasteiger partial charge on any atom is -0.306 e. The van der Waals surface area contributed by atoms with E-state index < -0.39 is 0 Å². The van der Waals surface area contributed by atoms with Crippen LogP contribution in [0.4, 0.5) is 0 Å². The Morgan fingerprint density at radius 1 is 1.53 bits per heavy atom. The molecule has 84 valence electrons. The van der Waals surface area contributed by atoms with Crippen LogP contribution in [0, 0.1) is 5.92 Å². The molecular formula is C12H21N3. The van der Waals surface area contributed by atoms with Crippen LogP contribution in [0.3, 0.4) is 0 Å². The highest BCUT2D eigenvalue weighted by molar-refractivity contribution is 5.08. The molecule has 0 saturated carbocycles. The molecule has 1 aliphatic heterocycles. The van der Waals surface area contributed by atoms with Crippen molar-refractivity contribution >= 4 is 0 Å². The van der Waals surface area contributed by atoms with E-state index in [-0.39, 0.29) is 0 Å². The van der Waals surface area contributed by atoms with Crippen LogP contribution < -0.4 is 0 Å². The second-order valence-corrected chi connectivity index (χ2v) is 5.07. The number of likely N-dealkylation sites (tertiary alicyclic amines) is 1. The summed E-state index contributed by atoms with van der Waals surface area (Å²) in [4.78, 5) is 2.40. The Morgan fingerprint density at radius 3 is 2.87 bits per heavy atom. The van der Waals surface area contributed by atoms with Crippen LogP contribution in [0.2, 0.25) is 0 Å². The van der Waals surface area contributed by atoms with Crippen LogP contribution in [0.15, 0.2) is 12.4 Å². The summed E-state index contributed by atoms with van der Waals surface area (Å²) in [7, 11) is 2.20. The zero-order valence-electron chi connectivity index (χ0n) is 9.98. The van der Waals surface area contributed by atoms with E-state index >= 15 is 0 Å². The first-order valence-corrected chi connectivity index (χ1v) is 5.86. The van der Waals surface area contributed by atoms with Crippen LogP contribution in [0.1, 0.15) is 31.7 Å². The molecule has 3 heteroatoms. The minimum atomic E-state index is 0.588. The summed E-state index contributed by atoms with van der Waals surface area (Å²) in [5.74, 6) is 1.37. The van der Waals surface area contributed by atoms with Gasteiger partial charge in [-0.25, -0.2) is 0 Å². The van der Waals surface area contributed by atoms with E-state index in [9.17, 15) is 0 Å². The van der Waals surface area contributed by atoms with Crippen LogP contribution >= 0.6 is 0 Å². The molecule has 2 rings (SSSR count). The number of rotatable bonds is 3. The van der Waals surface area contributed by atoms with E-state index in [2.05, 4.69) is 41.8 Å². The first-order valence-electron chi connectivity index (χ1n) is 5.86. The Morgan fingerprint density at radius 2 is 2.33 bits per heavy atom. The van der Waals surface area contributed by atoms with E-state index in [1.165, 1.54) is 25.1 Å². The van der Waals surface area contributed by atoms with Crippen molar-refractivity contribution in [1.29, 1.82) is 0 Å². The Hall–Kier alpha value is -0.830. The van der Waals surface area contributed by atoms with E-state index in [0.717, 1.165) is 12.5 Å². The summed E-state index contributed by atoms with van der Waals surface area (Å²) >= 11 is 0. The third kappa shape index (κ3) is 2.59. The van der Waals surface area contributed by atoms with E-state index in [1.807, 2.05) is 6.20 Å². The van der Waals surface area contributed by atoms with Gasteiger partial charge in [-0.05, 0) is 37.4 Å². The second-order valence-electron chi connectivity index (χ2n) is 5.07. The summed E-state index contributed by atoms with van der Waals surface area (Å²) < 4.78 is 2.11. The standard InChI is InChI=1S/C12H21N3/c1-10(2)12-6-13-15(9-12)8-11-4-5-14(3)7-11/h6,9-11H,4-5,7-8H2,1-3H3. The lowest BCUT2D eigenvalue weighted by atomic mass is 10.1. The maximum Gasteiger partial charge on any atom is 0.0524 e. The largest absolute Gasteiger partial charge is 0.306 e. The maximum atomic E-state index is 4.42. The third-order valence-electron chi connectivity index (χ3n) is 3.25. The van der Waals surface area contributed by atoms with Crippen LogP contribution in [0.25, 0.3) is 0 Å². The smallest absolute Gasteiger partial charge is 0.0524 e. The van der Waals surface area contributed by atoms with Gasteiger partial charge < -0.3 is 4.90 Å². The molecule has 0 aliphatic carbocycles. The van der Waals surface area contributed by atoms with E-state index in [4.69, 9.17) is 0 Å². The van der Waals surface area contributed by atoms with Gasteiger partial charge in [0.25, 0.3) is 0 Å². The summed E-state index contributed by atoms with van der Waals surface area (Å²) in [6, 6.07) is 0. The third-order valence-corrected chi connectivity index (χ3v) is 3.25. The van der Waals surface area contributed by atoms with Gasteiger partial charge in [0.05, 0.1) is 6.20 Å². The Bertz CT molecular complexity index is 316. The summed E-state index contributed by atoms with van der Waals surface area (Å²) in [6.45, 7) is 7.96. The van der Waals surface area contributed by atoms with Crippen molar-refractivity contribution in [1.82, 2.24) is 14.7 Å². The van der Waals surface area contributed by atoms with E-state index in [0.29, 0.717) is 5.92 Å². The molecule has 1 atom stereocenters. The lowest BCUT2D eigenvalue weighted by Crippen LogP contribution is -2.17. The molecule has 2 heterocycles. The second kappa shape index (κ2) is 4.35. The molecule has 3 nitrogen and oxygen atoms in total. The predicted octanol–water partition coefficient (Wildman–Crippen LogP) is 1.96. The van der Waals surface area contributed by atoms with Crippen LogP contribution in [-0.2, 0) is 6.54 Å². The van der Waals surface area contributed by atoms with Gasteiger partial charge in [-0.2, -0.15) is 5.10 Å². The average molecular weight is 207 g/mol. The Balaban J connectivity index is 1.93. The van der Waals surface area contributed by atoms with Crippen molar-refractivity contribution in [2.45, 2.75) is 32.7 Å². The monoisotopic (exact) mass is 207 g/mol. The normalized spacial score (nSPS) is 22.8. The van der Waals surface area contributed by atoms with Gasteiger partial charge in [-0.15, -0.1) is 0 Å². The Kier molecular flexibility index (Phi) is 3.10. The molecule has 0 radical (unpaired) electrons. The fourth-order valence-electron chi connectivity index (χ4n) is 2.22. The summed E-state index contributed by atoms with van der Waals surface area (Å²) in [5, 5.41) is 4.42. The lowest BCUT2D eigenvalue weighted by Gasteiger charge is -2.10. The molecule has 0 aromatic carbocycles. The van der Waals surface area contributed by atoms with Crippen LogP contribution in [-0.4, -0.2) is 34.8 Å².